The molecular formula is C14H23N5. The van der Waals surface area contributed by atoms with Crippen molar-refractivity contribution in [1.29, 1.82) is 5.26 Å². The van der Waals surface area contributed by atoms with Gasteiger partial charge in [0.15, 0.2) is 0 Å². The molecular weight excluding hydrogens is 238 g/mol. The molecule has 1 aromatic heterocycles. The minimum Gasteiger partial charge on any atom is -0.295 e. The monoisotopic (exact) mass is 261 g/mol. The van der Waals surface area contributed by atoms with Gasteiger partial charge in [0.1, 0.15) is 0 Å². The topological polar surface area (TPSA) is 48.1 Å². The predicted octanol–water partition coefficient (Wildman–Crippen LogP) is 1.50. The molecule has 19 heavy (non-hydrogen) atoms. The second-order valence-electron chi connectivity index (χ2n) is 5.25. The van der Waals surface area contributed by atoms with Crippen LogP contribution in [0.1, 0.15) is 32.0 Å². The van der Waals surface area contributed by atoms with Crippen molar-refractivity contribution in [2.75, 3.05) is 32.7 Å². The molecule has 1 fully saturated rings. The zero-order chi connectivity index (χ0) is 13.7. The Labute approximate surface area is 115 Å². The molecule has 0 aromatic carbocycles. The average Bonchev–Trinajstić information content (AvgIpc) is 2.89. The van der Waals surface area contributed by atoms with Gasteiger partial charge in [0.2, 0.25) is 0 Å². The fourth-order valence-electron chi connectivity index (χ4n) is 2.33. The van der Waals surface area contributed by atoms with E-state index in [9.17, 15) is 0 Å². The minimum absolute atomic E-state index is 0.473. The Morgan fingerprint density at radius 1 is 1.32 bits per heavy atom. The van der Waals surface area contributed by atoms with E-state index in [1.807, 2.05) is 0 Å². The highest BCUT2D eigenvalue weighted by molar-refractivity contribution is 5.00. The summed E-state index contributed by atoms with van der Waals surface area (Å²) in [5, 5.41) is 13.3. The van der Waals surface area contributed by atoms with Crippen LogP contribution in [0.25, 0.3) is 0 Å². The average molecular weight is 261 g/mol. The fraction of sp³-hybridized carbons (Fsp3) is 0.714. The Bertz CT molecular complexity index is 425. The van der Waals surface area contributed by atoms with Crippen LogP contribution in [0.4, 0.5) is 0 Å². The SMILES string of the molecule is CCC(C)n1ccc(CN2CCN(CC#N)CC2)n1. The molecule has 1 atom stereocenters. The zero-order valence-electron chi connectivity index (χ0n) is 11.9. The molecule has 0 saturated carbocycles. The van der Waals surface area contributed by atoms with Crippen LogP contribution < -0.4 is 0 Å². The van der Waals surface area contributed by atoms with Crippen LogP contribution in [0.15, 0.2) is 12.3 Å². The third-order valence-electron chi connectivity index (χ3n) is 3.85. The van der Waals surface area contributed by atoms with E-state index in [1.165, 1.54) is 0 Å². The van der Waals surface area contributed by atoms with Crippen LogP contribution in [0, 0.1) is 11.3 Å². The molecule has 2 rings (SSSR count). The molecule has 0 aliphatic carbocycles. The van der Waals surface area contributed by atoms with E-state index in [2.05, 4.69) is 51.8 Å². The Balaban J connectivity index is 1.82. The summed E-state index contributed by atoms with van der Waals surface area (Å²) in [6, 6.07) is 4.81. The fourth-order valence-corrected chi connectivity index (χ4v) is 2.33. The van der Waals surface area contributed by atoms with Crippen LogP contribution in [0.3, 0.4) is 0 Å². The lowest BCUT2D eigenvalue weighted by Gasteiger charge is -2.32. The van der Waals surface area contributed by atoms with Crippen LogP contribution in [-0.4, -0.2) is 52.3 Å². The standard InChI is InChI=1S/C14H23N5/c1-3-13(2)19-6-4-14(16-19)12-18-10-8-17(7-5-15)9-11-18/h4,6,13H,3,7-12H2,1-2H3. The lowest BCUT2D eigenvalue weighted by molar-refractivity contribution is 0.136. The van der Waals surface area contributed by atoms with Crippen LogP contribution in [-0.2, 0) is 6.54 Å². The lowest BCUT2D eigenvalue weighted by atomic mass is 10.3. The molecule has 1 aromatic rings. The summed E-state index contributed by atoms with van der Waals surface area (Å²) in [7, 11) is 0. The summed E-state index contributed by atoms with van der Waals surface area (Å²) < 4.78 is 2.06. The number of piperazine rings is 1. The summed E-state index contributed by atoms with van der Waals surface area (Å²) in [5.41, 5.74) is 1.15. The summed E-state index contributed by atoms with van der Waals surface area (Å²) in [6.07, 6.45) is 3.18. The van der Waals surface area contributed by atoms with E-state index in [0.717, 1.165) is 44.8 Å². The number of rotatable bonds is 5. The normalized spacial score (nSPS) is 19.2. The van der Waals surface area contributed by atoms with E-state index in [1.54, 1.807) is 0 Å². The van der Waals surface area contributed by atoms with Gasteiger partial charge in [-0.3, -0.25) is 14.5 Å². The molecule has 5 heteroatoms. The Morgan fingerprint density at radius 3 is 2.63 bits per heavy atom. The second kappa shape index (κ2) is 6.69. The molecule has 104 valence electrons. The van der Waals surface area contributed by atoms with Crippen molar-refractivity contribution < 1.29 is 0 Å². The van der Waals surface area contributed by atoms with Gasteiger partial charge in [-0.2, -0.15) is 10.4 Å². The molecule has 5 nitrogen and oxygen atoms in total. The summed E-state index contributed by atoms with van der Waals surface area (Å²) in [5.74, 6) is 0. The van der Waals surface area contributed by atoms with Crippen molar-refractivity contribution in [3.05, 3.63) is 18.0 Å². The highest BCUT2D eigenvalue weighted by atomic mass is 15.3. The first-order valence-corrected chi connectivity index (χ1v) is 7.08. The van der Waals surface area contributed by atoms with E-state index >= 15 is 0 Å². The van der Waals surface area contributed by atoms with Gasteiger partial charge in [-0.1, -0.05) is 6.92 Å². The Kier molecular flexibility index (Phi) is 4.94. The zero-order valence-corrected chi connectivity index (χ0v) is 11.9. The van der Waals surface area contributed by atoms with Crippen LogP contribution in [0.5, 0.6) is 0 Å². The Hall–Kier alpha value is -1.38. The van der Waals surface area contributed by atoms with E-state index in [-0.39, 0.29) is 0 Å². The Morgan fingerprint density at radius 2 is 2.00 bits per heavy atom. The van der Waals surface area contributed by atoms with Crippen molar-refractivity contribution in [3.8, 4) is 6.07 Å². The maximum absolute atomic E-state index is 8.68. The molecule has 1 aliphatic rings. The number of hydrogen-bond acceptors (Lipinski definition) is 4. The maximum Gasteiger partial charge on any atom is 0.0866 e. The summed E-state index contributed by atoms with van der Waals surface area (Å²) in [4.78, 5) is 4.62. The highest BCUT2D eigenvalue weighted by Crippen LogP contribution is 2.11. The van der Waals surface area contributed by atoms with Crippen molar-refractivity contribution >= 4 is 0 Å². The molecule has 0 amide bonds. The van der Waals surface area contributed by atoms with Crippen LogP contribution >= 0.6 is 0 Å². The first-order chi connectivity index (χ1) is 9.22. The molecule has 0 N–H and O–H groups in total. The highest BCUT2D eigenvalue weighted by Gasteiger charge is 2.17. The van der Waals surface area contributed by atoms with Crippen molar-refractivity contribution in [2.45, 2.75) is 32.9 Å². The number of nitriles is 1. The van der Waals surface area contributed by atoms with Crippen LogP contribution in [0.2, 0.25) is 0 Å². The van der Waals surface area contributed by atoms with Gasteiger partial charge >= 0.3 is 0 Å². The van der Waals surface area contributed by atoms with Crippen molar-refractivity contribution in [1.82, 2.24) is 19.6 Å². The van der Waals surface area contributed by atoms with Gasteiger partial charge in [0, 0.05) is 45.0 Å². The molecule has 1 unspecified atom stereocenters. The van der Waals surface area contributed by atoms with E-state index < -0.39 is 0 Å². The third kappa shape index (κ3) is 3.79. The van der Waals surface area contributed by atoms with Gasteiger partial charge in [-0.05, 0) is 19.4 Å². The van der Waals surface area contributed by atoms with Gasteiger partial charge in [-0.25, -0.2) is 0 Å². The largest absolute Gasteiger partial charge is 0.295 e. The smallest absolute Gasteiger partial charge is 0.0866 e. The van der Waals surface area contributed by atoms with Gasteiger partial charge < -0.3 is 0 Å². The van der Waals surface area contributed by atoms with E-state index in [4.69, 9.17) is 5.26 Å². The molecule has 0 bridgehead atoms. The van der Waals surface area contributed by atoms with E-state index in [0.29, 0.717) is 12.6 Å². The molecule has 0 spiro atoms. The number of hydrogen-bond donors (Lipinski definition) is 0. The molecule has 1 saturated heterocycles. The van der Waals surface area contributed by atoms with Crippen molar-refractivity contribution in [2.24, 2.45) is 0 Å². The molecule has 1 aliphatic heterocycles. The quantitative estimate of drug-likeness (QED) is 0.754. The second-order valence-corrected chi connectivity index (χ2v) is 5.25. The lowest BCUT2D eigenvalue weighted by Crippen LogP contribution is -2.45. The molecule has 2 heterocycles. The van der Waals surface area contributed by atoms with Gasteiger partial charge in [0.25, 0.3) is 0 Å². The first kappa shape index (κ1) is 14.0. The first-order valence-electron chi connectivity index (χ1n) is 7.08. The van der Waals surface area contributed by atoms with Gasteiger partial charge in [0.05, 0.1) is 18.3 Å². The summed E-state index contributed by atoms with van der Waals surface area (Å²) in [6.45, 7) is 9.87. The molecule has 0 radical (unpaired) electrons. The predicted molar refractivity (Wildman–Crippen MR) is 74.6 cm³/mol. The van der Waals surface area contributed by atoms with Gasteiger partial charge in [-0.15, -0.1) is 0 Å². The summed E-state index contributed by atoms with van der Waals surface area (Å²) >= 11 is 0. The van der Waals surface area contributed by atoms with Crippen molar-refractivity contribution in [3.63, 3.8) is 0 Å². The number of nitrogens with zero attached hydrogens (tertiary/aromatic N) is 5. The maximum atomic E-state index is 8.68. The third-order valence-corrected chi connectivity index (χ3v) is 3.85. The minimum atomic E-state index is 0.473. The number of aromatic nitrogens is 2.